The van der Waals surface area contributed by atoms with Gasteiger partial charge >= 0.3 is 5.69 Å². The zero-order valence-electron chi connectivity index (χ0n) is 17.1. The molecule has 0 unspecified atom stereocenters. The number of aryl methyl sites for hydroxylation is 1. The van der Waals surface area contributed by atoms with Gasteiger partial charge in [-0.25, -0.2) is 4.79 Å². The predicted molar refractivity (Wildman–Crippen MR) is 119 cm³/mol. The quantitative estimate of drug-likeness (QED) is 0.487. The molecule has 0 saturated heterocycles. The van der Waals surface area contributed by atoms with E-state index in [2.05, 4.69) is 10.4 Å². The zero-order valence-corrected chi connectivity index (χ0v) is 17.9. The second-order valence-corrected chi connectivity index (χ2v) is 7.53. The van der Waals surface area contributed by atoms with Crippen LogP contribution >= 0.6 is 11.6 Å². The molecule has 0 fully saturated rings. The van der Waals surface area contributed by atoms with Gasteiger partial charge in [0, 0.05) is 5.02 Å². The number of carbonyl (C=O) groups is 1. The van der Waals surface area contributed by atoms with Gasteiger partial charge in [0.05, 0.1) is 25.0 Å². The van der Waals surface area contributed by atoms with Crippen LogP contribution < -0.4 is 16.6 Å². The van der Waals surface area contributed by atoms with Crippen molar-refractivity contribution in [1.82, 2.24) is 19.7 Å². The average molecular weight is 451 g/mol. The van der Waals surface area contributed by atoms with Gasteiger partial charge in [0.2, 0.25) is 5.69 Å². The van der Waals surface area contributed by atoms with Crippen molar-refractivity contribution in [3.63, 3.8) is 0 Å². The van der Waals surface area contributed by atoms with Gasteiger partial charge in [0.15, 0.2) is 0 Å². The Kier molecular flexibility index (Phi) is 6.04. The molecule has 2 aromatic heterocycles. The first-order valence-electron chi connectivity index (χ1n) is 9.79. The third-order valence-corrected chi connectivity index (χ3v) is 5.21. The Morgan fingerprint density at radius 3 is 2.50 bits per heavy atom. The van der Waals surface area contributed by atoms with Crippen molar-refractivity contribution in [1.29, 1.82) is 0 Å². The Balaban J connectivity index is 1.81. The van der Waals surface area contributed by atoms with Gasteiger partial charge in [-0.15, -0.1) is 0 Å². The Morgan fingerprint density at radius 1 is 1.06 bits per heavy atom. The summed E-state index contributed by atoms with van der Waals surface area (Å²) in [6.07, 6.45) is 1.48. The van der Waals surface area contributed by atoms with Crippen LogP contribution in [0.2, 0.25) is 5.02 Å². The lowest BCUT2D eigenvalue weighted by Gasteiger charge is -2.13. The van der Waals surface area contributed by atoms with Crippen LogP contribution in [0.4, 0.5) is 0 Å². The van der Waals surface area contributed by atoms with E-state index in [-0.39, 0.29) is 13.1 Å². The van der Waals surface area contributed by atoms with Crippen molar-refractivity contribution >= 4 is 17.5 Å². The van der Waals surface area contributed by atoms with Gasteiger partial charge in [0.1, 0.15) is 5.76 Å². The molecule has 0 aliphatic carbocycles. The minimum absolute atomic E-state index is 0.0706. The molecular formula is C23H19ClN4O4. The lowest BCUT2D eigenvalue weighted by Crippen LogP contribution is -2.46. The highest BCUT2D eigenvalue weighted by Crippen LogP contribution is 2.15. The van der Waals surface area contributed by atoms with Gasteiger partial charge in [-0.2, -0.15) is 9.78 Å². The van der Waals surface area contributed by atoms with Crippen molar-refractivity contribution in [2.75, 3.05) is 0 Å². The molecule has 4 aromatic rings. The van der Waals surface area contributed by atoms with E-state index in [0.29, 0.717) is 22.0 Å². The van der Waals surface area contributed by atoms with Crippen molar-refractivity contribution in [3.05, 3.63) is 115 Å². The number of aromatic nitrogens is 3. The number of halogens is 1. The average Bonchev–Trinajstić information content (AvgIpc) is 3.31. The highest BCUT2D eigenvalue weighted by molar-refractivity contribution is 6.31. The maximum Gasteiger partial charge on any atom is 0.352 e. The van der Waals surface area contributed by atoms with Gasteiger partial charge in [-0.1, -0.05) is 47.5 Å². The third kappa shape index (κ3) is 4.40. The second kappa shape index (κ2) is 9.07. The number of nitrogens with one attached hydrogen (secondary N) is 1. The molecule has 1 N–H and O–H groups in total. The number of hydrogen-bond donors (Lipinski definition) is 1. The molecule has 0 aliphatic heterocycles. The van der Waals surface area contributed by atoms with Crippen molar-refractivity contribution < 1.29 is 9.21 Å². The van der Waals surface area contributed by atoms with E-state index in [1.807, 2.05) is 19.1 Å². The first-order chi connectivity index (χ1) is 15.4. The molecule has 9 heteroatoms. The summed E-state index contributed by atoms with van der Waals surface area (Å²) in [5.41, 5.74) is 0.0773. The van der Waals surface area contributed by atoms with E-state index in [9.17, 15) is 14.4 Å². The highest BCUT2D eigenvalue weighted by Gasteiger charge is 2.21. The summed E-state index contributed by atoms with van der Waals surface area (Å²) < 4.78 is 7.20. The van der Waals surface area contributed by atoms with Crippen molar-refractivity contribution in [2.45, 2.75) is 20.0 Å². The van der Waals surface area contributed by atoms with Gasteiger partial charge < -0.3 is 9.73 Å². The van der Waals surface area contributed by atoms with Crippen LogP contribution in [0.15, 0.2) is 80.9 Å². The fourth-order valence-electron chi connectivity index (χ4n) is 3.11. The molecule has 0 bridgehead atoms. The second-order valence-electron chi connectivity index (χ2n) is 7.12. The summed E-state index contributed by atoms with van der Waals surface area (Å²) in [6.45, 7) is 1.87. The molecule has 2 heterocycles. The predicted octanol–water partition coefficient (Wildman–Crippen LogP) is 2.93. The maximum atomic E-state index is 13.2. The minimum atomic E-state index is -0.810. The number of carbonyl (C=O) groups excluding carboxylic acids is 1. The van der Waals surface area contributed by atoms with Gasteiger partial charge in [-0.05, 0) is 42.8 Å². The van der Waals surface area contributed by atoms with E-state index in [1.165, 1.54) is 6.26 Å². The van der Waals surface area contributed by atoms with Crippen LogP contribution in [0.1, 0.15) is 27.4 Å². The van der Waals surface area contributed by atoms with Crippen molar-refractivity contribution in [2.24, 2.45) is 0 Å². The summed E-state index contributed by atoms with van der Waals surface area (Å²) >= 11 is 6.23. The van der Waals surface area contributed by atoms with Crippen LogP contribution in [0, 0.1) is 6.92 Å². The topological polar surface area (TPSA) is 99.1 Å². The largest absolute Gasteiger partial charge is 0.467 e. The zero-order chi connectivity index (χ0) is 22.7. The molecule has 0 aliphatic rings. The Labute approximate surface area is 187 Å². The van der Waals surface area contributed by atoms with E-state index in [4.69, 9.17) is 16.0 Å². The Hall–Kier alpha value is -3.91. The van der Waals surface area contributed by atoms with Crippen LogP contribution in [-0.2, 0) is 13.1 Å². The number of benzene rings is 2. The third-order valence-electron chi connectivity index (χ3n) is 4.84. The van der Waals surface area contributed by atoms with Crippen LogP contribution in [0.25, 0.3) is 5.69 Å². The molecule has 32 heavy (non-hydrogen) atoms. The smallest absolute Gasteiger partial charge is 0.352 e. The molecule has 0 spiro atoms. The lowest BCUT2D eigenvalue weighted by molar-refractivity contribution is 0.0938. The molecular weight excluding hydrogens is 432 g/mol. The first kappa shape index (κ1) is 21.3. The van der Waals surface area contributed by atoms with E-state index in [0.717, 1.165) is 14.8 Å². The number of rotatable bonds is 6. The summed E-state index contributed by atoms with van der Waals surface area (Å²) in [4.78, 5) is 39.1. The monoisotopic (exact) mass is 450 g/mol. The Morgan fingerprint density at radius 2 is 1.81 bits per heavy atom. The maximum absolute atomic E-state index is 13.2. The standard InChI is InChI=1S/C23H19ClN4O4/c1-15-8-10-17(11-9-15)28-23(31)27(14-16-5-2-3-7-19(16)24)22(30)20(26-28)21(29)25-13-18-6-4-12-32-18/h2-12H,13-14H2,1H3,(H,25,29). The normalized spacial score (nSPS) is 10.8. The molecule has 0 atom stereocenters. The van der Waals surface area contributed by atoms with Gasteiger partial charge in [0.25, 0.3) is 11.5 Å². The first-order valence-corrected chi connectivity index (χ1v) is 10.2. The molecule has 0 radical (unpaired) electrons. The highest BCUT2D eigenvalue weighted by atomic mass is 35.5. The van der Waals surface area contributed by atoms with E-state index >= 15 is 0 Å². The fourth-order valence-corrected chi connectivity index (χ4v) is 3.31. The van der Waals surface area contributed by atoms with Crippen LogP contribution in [0.3, 0.4) is 0 Å². The SMILES string of the molecule is Cc1ccc(-n2nc(C(=O)NCc3ccco3)c(=O)n(Cc3ccccc3Cl)c2=O)cc1. The summed E-state index contributed by atoms with van der Waals surface area (Å²) in [5.74, 6) is -0.207. The molecule has 2 aromatic carbocycles. The fraction of sp³-hybridized carbons (Fsp3) is 0.130. The number of nitrogens with zero attached hydrogens (tertiary/aromatic N) is 3. The Bertz CT molecular complexity index is 1370. The van der Waals surface area contributed by atoms with E-state index < -0.39 is 22.9 Å². The number of amides is 1. The van der Waals surface area contributed by atoms with Crippen LogP contribution in [0.5, 0.6) is 0 Å². The molecule has 8 nitrogen and oxygen atoms in total. The molecule has 162 valence electrons. The number of furan rings is 1. The molecule has 1 amide bonds. The minimum Gasteiger partial charge on any atom is -0.467 e. The summed E-state index contributed by atoms with van der Waals surface area (Å²) in [5, 5.41) is 7.10. The summed E-state index contributed by atoms with van der Waals surface area (Å²) in [6, 6.07) is 17.3. The van der Waals surface area contributed by atoms with Crippen molar-refractivity contribution in [3.8, 4) is 5.69 Å². The summed E-state index contributed by atoms with van der Waals surface area (Å²) in [7, 11) is 0. The number of hydrogen-bond acceptors (Lipinski definition) is 5. The molecule has 4 rings (SSSR count). The molecule has 0 saturated carbocycles. The lowest BCUT2D eigenvalue weighted by atomic mass is 10.2. The van der Waals surface area contributed by atoms with Gasteiger partial charge in [-0.3, -0.25) is 14.2 Å². The van der Waals surface area contributed by atoms with E-state index in [1.54, 1.807) is 48.5 Å². The van der Waals surface area contributed by atoms with Crippen LogP contribution in [-0.4, -0.2) is 20.3 Å².